The third-order valence-electron chi connectivity index (χ3n) is 4.24. The summed E-state index contributed by atoms with van der Waals surface area (Å²) in [5.74, 6) is 0.162. The first-order valence-electron chi connectivity index (χ1n) is 7.72. The Hall–Kier alpha value is -1.75. The highest BCUT2D eigenvalue weighted by Gasteiger charge is 2.30. The number of nitrogens with one attached hydrogen (secondary N) is 2. The summed E-state index contributed by atoms with van der Waals surface area (Å²) < 4.78 is 0. The summed E-state index contributed by atoms with van der Waals surface area (Å²) in [5, 5.41) is 6.69. The molecule has 5 nitrogen and oxygen atoms in total. The standard InChI is InChI=1S/C16H24N4O/c1-19(2)11-13-4-3-9-20(13)16(21)12-5-6-14-15(10-12)18-8-7-17-14/h5-6,10,13,17-18H,3-4,7-9,11H2,1-2H3. The fourth-order valence-corrected chi connectivity index (χ4v) is 3.25. The van der Waals surface area contributed by atoms with Gasteiger partial charge in [0.05, 0.1) is 11.4 Å². The van der Waals surface area contributed by atoms with Gasteiger partial charge in [0, 0.05) is 37.8 Å². The summed E-state index contributed by atoms with van der Waals surface area (Å²) in [7, 11) is 4.13. The minimum Gasteiger partial charge on any atom is -0.382 e. The first kappa shape index (κ1) is 14.2. The van der Waals surface area contributed by atoms with Crippen LogP contribution in [0.2, 0.25) is 0 Å². The van der Waals surface area contributed by atoms with Crippen LogP contribution in [0.5, 0.6) is 0 Å². The predicted octanol–water partition coefficient (Wildman–Crippen LogP) is 1.69. The van der Waals surface area contributed by atoms with Crippen molar-refractivity contribution in [3.8, 4) is 0 Å². The van der Waals surface area contributed by atoms with Gasteiger partial charge in [0.2, 0.25) is 0 Å². The van der Waals surface area contributed by atoms with E-state index >= 15 is 0 Å². The summed E-state index contributed by atoms with van der Waals surface area (Å²) >= 11 is 0. The molecule has 2 N–H and O–H groups in total. The van der Waals surface area contributed by atoms with Gasteiger partial charge in [-0.2, -0.15) is 0 Å². The molecule has 1 aromatic carbocycles. The SMILES string of the molecule is CN(C)CC1CCCN1C(=O)c1ccc2c(c1)NCCN2. The van der Waals surface area contributed by atoms with Gasteiger partial charge >= 0.3 is 0 Å². The van der Waals surface area contributed by atoms with Crippen LogP contribution in [0.15, 0.2) is 18.2 Å². The van der Waals surface area contributed by atoms with E-state index in [4.69, 9.17) is 0 Å². The Kier molecular flexibility index (Phi) is 4.01. The van der Waals surface area contributed by atoms with Crippen LogP contribution in [-0.2, 0) is 0 Å². The fourth-order valence-electron chi connectivity index (χ4n) is 3.25. The summed E-state index contributed by atoms with van der Waals surface area (Å²) in [5.41, 5.74) is 2.91. The quantitative estimate of drug-likeness (QED) is 0.888. The van der Waals surface area contributed by atoms with E-state index in [1.165, 1.54) is 0 Å². The number of nitrogens with zero attached hydrogens (tertiary/aromatic N) is 2. The summed E-state index contributed by atoms with van der Waals surface area (Å²) in [6, 6.07) is 6.27. The average molecular weight is 288 g/mol. The van der Waals surface area contributed by atoms with Crippen molar-refractivity contribution in [2.75, 3.05) is 50.9 Å². The fraction of sp³-hybridized carbons (Fsp3) is 0.562. The van der Waals surface area contributed by atoms with E-state index in [1.54, 1.807) is 0 Å². The smallest absolute Gasteiger partial charge is 0.254 e. The van der Waals surface area contributed by atoms with E-state index in [0.717, 1.165) is 56.0 Å². The third-order valence-corrected chi connectivity index (χ3v) is 4.24. The monoisotopic (exact) mass is 288 g/mol. The lowest BCUT2D eigenvalue weighted by Gasteiger charge is -2.28. The molecule has 0 radical (unpaired) electrons. The average Bonchev–Trinajstić information content (AvgIpc) is 2.93. The number of rotatable bonds is 3. The van der Waals surface area contributed by atoms with E-state index in [-0.39, 0.29) is 5.91 Å². The Morgan fingerprint density at radius 2 is 2.05 bits per heavy atom. The van der Waals surface area contributed by atoms with Gasteiger partial charge in [-0.05, 0) is 45.1 Å². The van der Waals surface area contributed by atoms with E-state index in [2.05, 4.69) is 29.6 Å². The van der Waals surface area contributed by atoms with Crippen molar-refractivity contribution in [2.45, 2.75) is 18.9 Å². The van der Waals surface area contributed by atoms with E-state index in [9.17, 15) is 4.79 Å². The molecule has 3 rings (SSSR count). The number of benzene rings is 1. The van der Waals surface area contributed by atoms with Crippen LogP contribution in [0.1, 0.15) is 23.2 Å². The third kappa shape index (κ3) is 2.97. The molecule has 0 bridgehead atoms. The number of carbonyl (C=O) groups is 1. The van der Waals surface area contributed by atoms with E-state index < -0.39 is 0 Å². The Morgan fingerprint density at radius 1 is 1.29 bits per heavy atom. The molecule has 0 spiro atoms. The van der Waals surface area contributed by atoms with Gasteiger partial charge in [0.25, 0.3) is 5.91 Å². The number of likely N-dealkylation sites (N-methyl/N-ethyl adjacent to an activating group) is 1. The highest BCUT2D eigenvalue weighted by molar-refractivity contribution is 5.96. The zero-order valence-corrected chi connectivity index (χ0v) is 12.9. The molecule has 1 fully saturated rings. The second-order valence-electron chi connectivity index (χ2n) is 6.17. The van der Waals surface area contributed by atoms with E-state index in [1.807, 2.05) is 23.1 Å². The number of amides is 1. The van der Waals surface area contributed by atoms with Gasteiger partial charge in [0.1, 0.15) is 0 Å². The molecule has 2 heterocycles. The van der Waals surface area contributed by atoms with Crippen LogP contribution in [0, 0.1) is 0 Å². The number of carbonyl (C=O) groups excluding carboxylic acids is 1. The molecule has 0 aromatic heterocycles. The van der Waals surface area contributed by atoms with Gasteiger partial charge in [-0.15, -0.1) is 0 Å². The van der Waals surface area contributed by atoms with Gasteiger partial charge < -0.3 is 20.4 Å². The molecule has 1 amide bonds. The van der Waals surface area contributed by atoms with Crippen molar-refractivity contribution in [1.82, 2.24) is 9.80 Å². The van der Waals surface area contributed by atoms with Gasteiger partial charge in [-0.25, -0.2) is 0 Å². The molecule has 114 valence electrons. The van der Waals surface area contributed by atoms with Crippen LogP contribution in [-0.4, -0.2) is 62.0 Å². The minimum atomic E-state index is 0.162. The first-order chi connectivity index (χ1) is 10.1. The van der Waals surface area contributed by atoms with Crippen molar-refractivity contribution < 1.29 is 4.79 Å². The molecule has 2 aliphatic heterocycles. The molecule has 0 aliphatic carbocycles. The normalized spacial score (nSPS) is 20.9. The van der Waals surface area contributed by atoms with Crippen LogP contribution in [0.4, 0.5) is 11.4 Å². The maximum Gasteiger partial charge on any atom is 0.254 e. The Balaban J connectivity index is 1.78. The molecular formula is C16H24N4O. The summed E-state index contributed by atoms with van der Waals surface area (Å²) in [6.07, 6.45) is 2.21. The van der Waals surface area contributed by atoms with Gasteiger partial charge in [0.15, 0.2) is 0 Å². The predicted molar refractivity (Wildman–Crippen MR) is 86.0 cm³/mol. The number of hydrogen-bond donors (Lipinski definition) is 2. The maximum absolute atomic E-state index is 12.8. The molecule has 1 atom stereocenters. The molecule has 5 heteroatoms. The number of likely N-dealkylation sites (tertiary alicyclic amines) is 1. The van der Waals surface area contributed by atoms with Gasteiger partial charge in [-0.1, -0.05) is 0 Å². The largest absolute Gasteiger partial charge is 0.382 e. The molecule has 2 aliphatic rings. The van der Waals surface area contributed by atoms with Crippen molar-refractivity contribution in [2.24, 2.45) is 0 Å². The Labute approximate surface area is 126 Å². The lowest BCUT2D eigenvalue weighted by atomic mass is 10.1. The van der Waals surface area contributed by atoms with Crippen LogP contribution >= 0.6 is 0 Å². The Morgan fingerprint density at radius 3 is 2.81 bits per heavy atom. The van der Waals surface area contributed by atoms with Crippen LogP contribution in [0.3, 0.4) is 0 Å². The number of hydrogen-bond acceptors (Lipinski definition) is 4. The van der Waals surface area contributed by atoms with Gasteiger partial charge in [-0.3, -0.25) is 4.79 Å². The second-order valence-corrected chi connectivity index (χ2v) is 6.17. The molecule has 1 aromatic rings. The highest BCUT2D eigenvalue weighted by atomic mass is 16.2. The molecular weight excluding hydrogens is 264 g/mol. The lowest BCUT2D eigenvalue weighted by molar-refractivity contribution is 0.0716. The Bertz CT molecular complexity index is 529. The topological polar surface area (TPSA) is 47.6 Å². The maximum atomic E-state index is 12.8. The minimum absolute atomic E-state index is 0.162. The zero-order chi connectivity index (χ0) is 14.8. The van der Waals surface area contributed by atoms with Crippen molar-refractivity contribution >= 4 is 17.3 Å². The van der Waals surface area contributed by atoms with Crippen molar-refractivity contribution in [1.29, 1.82) is 0 Å². The molecule has 0 saturated carbocycles. The van der Waals surface area contributed by atoms with Crippen LogP contribution in [0.25, 0.3) is 0 Å². The summed E-state index contributed by atoms with van der Waals surface area (Å²) in [4.78, 5) is 17.0. The molecule has 1 saturated heterocycles. The van der Waals surface area contributed by atoms with Crippen molar-refractivity contribution in [3.05, 3.63) is 23.8 Å². The van der Waals surface area contributed by atoms with E-state index in [0.29, 0.717) is 6.04 Å². The number of fused-ring (bicyclic) bond motifs is 1. The molecule has 1 unspecified atom stereocenters. The number of anilines is 2. The highest BCUT2D eigenvalue weighted by Crippen LogP contribution is 2.27. The lowest BCUT2D eigenvalue weighted by Crippen LogP contribution is -2.41. The second kappa shape index (κ2) is 5.93. The van der Waals surface area contributed by atoms with Crippen LogP contribution < -0.4 is 10.6 Å². The molecule has 21 heavy (non-hydrogen) atoms. The van der Waals surface area contributed by atoms with Crippen molar-refractivity contribution in [3.63, 3.8) is 0 Å². The summed E-state index contributed by atoms with van der Waals surface area (Å²) in [6.45, 7) is 3.64. The first-order valence-corrected chi connectivity index (χ1v) is 7.72. The zero-order valence-electron chi connectivity index (χ0n) is 12.9.